The summed E-state index contributed by atoms with van der Waals surface area (Å²) in [5, 5.41) is 0. The van der Waals surface area contributed by atoms with E-state index >= 15 is 0 Å². The Bertz CT molecular complexity index is 495. The Morgan fingerprint density at radius 2 is 1.68 bits per heavy atom. The molecule has 1 unspecified atom stereocenters. The van der Waals surface area contributed by atoms with Crippen molar-refractivity contribution in [1.82, 2.24) is 0 Å². The highest BCUT2D eigenvalue weighted by Gasteiger charge is 2.16. The van der Waals surface area contributed by atoms with Crippen LogP contribution in [0, 0.1) is 0 Å². The molecule has 0 aliphatic heterocycles. The predicted octanol–water partition coefficient (Wildman–Crippen LogP) is 4.38. The fourth-order valence-corrected chi connectivity index (χ4v) is 3.06. The quantitative estimate of drug-likeness (QED) is 0.884. The summed E-state index contributed by atoms with van der Waals surface area (Å²) in [4.78, 5) is 0. The van der Waals surface area contributed by atoms with Gasteiger partial charge in [-0.2, -0.15) is 0 Å². The SMILES string of the molecule is NC(c1ccc(C2CCCCC2)cc1)c1ccoc1. The van der Waals surface area contributed by atoms with Crippen LogP contribution in [0.4, 0.5) is 0 Å². The molecule has 0 amide bonds. The Hall–Kier alpha value is -1.54. The van der Waals surface area contributed by atoms with Gasteiger partial charge in [0, 0.05) is 5.56 Å². The number of rotatable bonds is 3. The van der Waals surface area contributed by atoms with E-state index in [2.05, 4.69) is 24.3 Å². The smallest absolute Gasteiger partial charge is 0.0953 e. The minimum Gasteiger partial charge on any atom is -0.472 e. The van der Waals surface area contributed by atoms with Gasteiger partial charge in [-0.25, -0.2) is 0 Å². The van der Waals surface area contributed by atoms with Crippen molar-refractivity contribution in [2.45, 2.75) is 44.1 Å². The highest BCUT2D eigenvalue weighted by atomic mass is 16.3. The molecule has 0 spiro atoms. The van der Waals surface area contributed by atoms with Gasteiger partial charge in [-0.1, -0.05) is 43.5 Å². The molecule has 2 aromatic rings. The Morgan fingerprint density at radius 1 is 0.947 bits per heavy atom. The van der Waals surface area contributed by atoms with Crippen molar-refractivity contribution >= 4 is 0 Å². The molecule has 2 N–H and O–H groups in total. The summed E-state index contributed by atoms with van der Waals surface area (Å²) in [6.45, 7) is 0. The van der Waals surface area contributed by atoms with Gasteiger partial charge in [0.15, 0.2) is 0 Å². The molecule has 0 radical (unpaired) electrons. The Balaban J connectivity index is 1.75. The Labute approximate surface area is 114 Å². The molecule has 1 fully saturated rings. The van der Waals surface area contributed by atoms with Crippen LogP contribution in [0.25, 0.3) is 0 Å². The van der Waals surface area contributed by atoms with Crippen LogP contribution in [0.15, 0.2) is 47.3 Å². The van der Waals surface area contributed by atoms with Gasteiger partial charge in [0.2, 0.25) is 0 Å². The van der Waals surface area contributed by atoms with Crippen molar-refractivity contribution in [1.29, 1.82) is 0 Å². The summed E-state index contributed by atoms with van der Waals surface area (Å²) in [6, 6.07) is 10.7. The fraction of sp³-hybridized carbons (Fsp3) is 0.412. The highest BCUT2D eigenvalue weighted by molar-refractivity contribution is 5.32. The minimum atomic E-state index is -0.0841. The molecule has 1 aliphatic rings. The third kappa shape index (κ3) is 2.74. The predicted molar refractivity (Wildman–Crippen MR) is 77.0 cm³/mol. The maximum Gasteiger partial charge on any atom is 0.0953 e. The lowest BCUT2D eigenvalue weighted by atomic mass is 9.83. The molecule has 0 saturated heterocycles. The van der Waals surface area contributed by atoms with E-state index in [0.717, 1.165) is 17.0 Å². The van der Waals surface area contributed by atoms with Gasteiger partial charge < -0.3 is 10.2 Å². The van der Waals surface area contributed by atoms with Crippen LogP contribution in [0.1, 0.15) is 60.8 Å². The molecule has 1 heterocycles. The molecule has 1 aliphatic carbocycles. The van der Waals surface area contributed by atoms with Crippen molar-refractivity contribution in [2.24, 2.45) is 5.73 Å². The van der Waals surface area contributed by atoms with Crippen LogP contribution in [-0.4, -0.2) is 0 Å². The largest absolute Gasteiger partial charge is 0.472 e. The van der Waals surface area contributed by atoms with Gasteiger partial charge in [0.05, 0.1) is 18.6 Å². The fourth-order valence-electron chi connectivity index (χ4n) is 3.06. The Kier molecular flexibility index (Phi) is 3.69. The first kappa shape index (κ1) is 12.5. The molecular weight excluding hydrogens is 234 g/mol. The van der Waals surface area contributed by atoms with E-state index in [0.29, 0.717) is 0 Å². The van der Waals surface area contributed by atoms with Crippen LogP contribution in [-0.2, 0) is 0 Å². The van der Waals surface area contributed by atoms with E-state index in [9.17, 15) is 0 Å². The molecule has 1 aromatic heterocycles. The number of nitrogens with two attached hydrogens (primary N) is 1. The zero-order valence-corrected chi connectivity index (χ0v) is 11.2. The summed E-state index contributed by atoms with van der Waals surface area (Å²) >= 11 is 0. The molecule has 3 rings (SSSR count). The van der Waals surface area contributed by atoms with E-state index in [4.69, 9.17) is 10.2 Å². The molecule has 1 atom stereocenters. The van der Waals surface area contributed by atoms with Gasteiger partial charge >= 0.3 is 0 Å². The van der Waals surface area contributed by atoms with Gasteiger partial charge in [-0.3, -0.25) is 0 Å². The first-order valence-electron chi connectivity index (χ1n) is 7.22. The van der Waals surface area contributed by atoms with Crippen molar-refractivity contribution in [3.8, 4) is 0 Å². The standard InChI is InChI=1S/C17H21NO/c18-17(16-10-11-19-12-16)15-8-6-14(7-9-15)13-4-2-1-3-5-13/h6-13,17H,1-5,18H2. The molecule has 1 saturated carbocycles. The maximum atomic E-state index is 6.23. The van der Waals surface area contributed by atoms with Crippen molar-refractivity contribution in [2.75, 3.05) is 0 Å². The van der Waals surface area contributed by atoms with Crippen LogP contribution in [0.5, 0.6) is 0 Å². The number of furan rings is 1. The number of hydrogen-bond donors (Lipinski definition) is 1. The third-order valence-electron chi connectivity index (χ3n) is 4.27. The van der Waals surface area contributed by atoms with Crippen molar-refractivity contribution in [3.05, 3.63) is 59.5 Å². The molecule has 19 heavy (non-hydrogen) atoms. The van der Waals surface area contributed by atoms with Gasteiger partial charge in [-0.05, 0) is 36.0 Å². The van der Waals surface area contributed by atoms with Gasteiger partial charge in [0.25, 0.3) is 0 Å². The van der Waals surface area contributed by atoms with E-state index in [1.807, 2.05) is 6.07 Å². The second-order valence-corrected chi connectivity index (χ2v) is 5.54. The summed E-state index contributed by atoms with van der Waals surface area (Å²) in [7, 11) is 0. The maximum absolute atomic E-state index is 6.23. The molecule has 2 nitrogen and oxygen atoms in total. The normalized spacial score (nSPS) is 18.4. The first-order chi connectivity index (χ1) is 9.34. The zero-order chi connectivity index (χ0) is 13.1. The lowest BCUT2D eigenvalue weighted by Crippen LogP contribution is -2.11. The van der Waals surface area contributed by atoms with E-state index in [1.165, 1.54) is 37.7 Å². The van der Waals surface area contributed by atoms with Gasteiger partial charge in [-0.15, -0.1) is 0 Å². The summed E-state index contributed by atoms with van der Waals surface area (Å²) in [5.41, 5.74) is 9.89. The third-order valence-corrected chi connectivity index (χ3v) is 4.27. The van der Waals surface area contributed by atoms with Crippen molar-refractivity contribution in [3.63, 3.8) is 0 Å². The molecular formula is C17H21NO. The molecule has 100 valence electrons. The highest BCUT2D eigenvalue weighted by Crippen LogP contribution is 2.33. The first-order valence-corrected chi connectivity index (χ1v) is 7.22. The van der Waals surface area contributed by atoms with Crippen molar-refractivity contribution < 1.29 is 4.42 Å². The molecule has 2 heteroatoms. The lowest BCUT2D eigenvalue weighted by Gasteiger charge is -2.22. The Morgan fingerprint density at radius 3 is 2.32 bits per heavy atom. The summed E-state index contributed by atoms with van der Waals surface area (Å²) in [6.07, 6.45) is 10.2. The van der Waals surface area contributed by atoms with Crippen LogP contribution in [0.2, 0.25) is 0 Å². The topological polar surface area (TPSA) is 39.2 Å². The van der Waals surface area contributed by atoms with Crippen LogP contribution < -0.4 is 5.73 Å². The minimum absolute atomic E-state index is 0.0841. The molecule has 0 bridgehead atoms. The van der Waals surface area contributed by atoms with E-state index < -0.39 is 0 Å². The number of benzene rings is 1. The zero-order valence-electron chi connectivity index (χ0n) is 11.2. The second-order valence-electron chi connectivity index (χ2n) is 5.54. The van der Waals surface area contributed by atoms with E-state index in [1.54, 1.807) is 12.5 Å². The van der Waals surface area contributed by atoms with Crippen LogP contribution in [0.3, 0.4) is 0 Å². The summed E-state index contributed by atoms with van der Waals surface area (Å²) in [5.74, 6) is 0.757. The summed E-state index contributed by atoms with van der Waals surface area (Å²) < 4.78 is 5.10. The number of hydrogen-bond acceptors (Lipinski definition) is 2. The average Bonchev–Trinajstić information content (AvgIpc) is 3.02. The monoisotopic (exact) mass is 255 g/mol. The van der Waals surface area contributed by atoms with Gasteiger partial charge in [0.1, 0.15) is 0 Å². The average molecular weight is 255 g/mol. The van der Waals surface area contributed by atoms with Crippen LogP contribution >= 0.6 is 0 Å². The lowest BCUT2D eigenvalue weighted by molar-refractivity contribution is 0.443. The molecule has 1 aromatic carbocycles. The van der Waals surface area contributed by atoms with E-state index in [-0.39, 0.29) is 6.04 Å². The second kappa shape index (κ2) is 5.62.